The summed E-state index contributed by atoms with van der Waals surface area (Å²) in [6.45, 7) is 6.71. The standard InChI is InChI=1S/C16H31N3O2/c1-14(19-10-8-18(9-11-19)12-13-20)16(21)17-15-6-4-2-3-5-7-15/h14-15,20H,2-13H2,1H3,(H,17,21). The van der Waals surface area contributed by atoms with Gasteiger partial charge >= 0.3 is 0 Å². The van der Waals surface area contributed by atoms with Crippen molar-refractivity contribution in [3.05, 3.63) is 0 Å². The van der Waals surface area contributed by atoms with Crippen LogP contribution in [0.3, 0.4) is 0 Å². The van der Waals surface area contributed by atoms with Gasteiger partial charge in [0.15, 0.2) is 0 Å². The van der Waals surface area contributed by atoms with Crippen LogP contribution in [0.2, 0.25) is 0 Å². The van der Waals surface area contributed by atoms with E-state index in [1.807, 2.05) is 6.92 Å². The molecular formula is C16H31N3O2. The van der Waals surface area contributed by atoms with Crippen LogP contribution in [0.25, 0.3) is 0 Å². The Kier molecular flexibility index (Phi) is 6.93. The third kappa shape index (κ3) is 5.24. The van der Waals surface area contributed by atoms with E-state index in [9.17, 15) is 4.79 Å². The summed E-state index contributed by atoms with van der Waals surface area (Å²) in [6.07, 6.45) is 7.41. The van der Waals surface area contributed by atoms with Crippen LogP contribution >= 0.6 is 0 Å². The number of nitrogens with one attached hydrogen (secondary N) is 1. The van der Waals surface area contributed by atoms with Gasteiger partial charge in [-0.2, -0.15) is 0 Å². The van der Waals surface area contributed by atoms with Crippen molar-refractivity contribution in [3.63, 3.8) is 0 Å². The highest BCUT2D eigenvalue weighted by molar-refractivity contribution is 5.81. The average molecular weight is 297 g/mol. The number of amides is 1. The first-order valence-electron chi connectivity index (χ1n) is 8.58. The molecular weight excluding hydrogens is 266 g/mol. The number of aliphatic hydroxyl groups is 1. The van der Waals surface area contributed by atoms with Crippen molar-refractivity contribution in [2.75, 3.05) is 39.3 Å². The van der Waals surface area contributed by atoms with Gasteiger partial charge < -0.3 is 10.4 Å². The predicted octanol–water partition coefficient (Wildman–Crippen LogP) is 0.824. The lowest BCUT2D eigenvalue weighted by Gasteiger charge is -2.37. The van der Waals surface area contributed by atoms with Crippen LogP contribution in [0.15, 0.2) is 0 Å². The zero-order valence-electron chi connectivity index (χ0n) is 13.4. The largest absolute Gasteiger partial charge is 0.395 e. The second-order valence-electron chi connectivity index (χ2n) is 6.47. The van der Waals surface area contributed by atoms with Gasteiger partial charge in [0.1, 0.15) is 0 Å². The van der Waals surface area contributed by atoms with Gasteiger partial charge in [0.05, 0.1) is 12.6 Å². The van der Waals surface area contributed by atoms with Gasteiger partial charge in [0, 0.05) is 38.8 Å². The molecule has 0 aromatic heterocycles. The van der Waals surface area contributed by atoms with Gasteiger partial charge in [-0.3, -0.25) is 14.6 Å². The Labute approximate surface area is 128 Å². The summed E-state index contributed by atoms with van der Waals surface area (Å²) in [5, 5.41) is 12.2. The number of carbonyl (C=O) groups excluding carboxylic acids is 1. The molecule has 2 N–H and O–H groups in total. The minimum atomic E-state index is -0.0375. The van der Waals surface area contributed by atoms with Crippen LogP contribution in [0.4, 0.5) is 0 Å². The molecule has 5 heteroatoms. The Morgan fingerprint density at radius 3 is 2.33 bits per heavy atom. The molecule has 122 valence electrons. The smallest absolute Gasteiger partial charge is 0.237 e. The number of rotatable bonds is 5. The molecule has 5 nitrogen and oxygen atoms in total. The van der Waals surface area contributed by atoms with Gasteiger partial charge in [0.2, 0.25) is 5.91 Å². The Morgan fingerprint density at radius 2 is 1.76 bits per heavy atom. The van der Waals surface area contributed by atoms with Crippen molar-refractivity contribution in [1.82, 2.24) is 15.1 Å². The second-order valence-corrected chi connectivity index (χ2v) is 6.47. The van der Waals surface area contributed by atoms with E-state index in [4.69, 9.17) is 5.11 Å². The van der Waals surface area contributed by atoms with Crippen LogP contribution in [-0.4, -0.2) is 72.2 Å². The lowest BCUT2D eigenvalue weighted by atomic mass is 10.1. The first-order valence-corrected chi connectivity index (χ1v) is 8.58. The highest BCUT2D eigenvalue weighted by Gasteiger charge is 2.26. The summed E-state index contributed by atoms with van der Waals surface area (Å²) in [5.41, 5.74) is 0. The first-order chi connectivity index (χ1) is 10.2. The van der Waals surface area contributed by atoms with Crippen LogP contribution < -0.4 is 5.32 Å². The monoisotopic (exact) mass is 297 g/mol. The number of hydrogen-bond acceptors (Lipinski definition) is 4. The number of β-amino-alcohol motifs (C(OH)–C–C–N with tert-alkyl or cyclic N) is 1. The van der Waals surface area contributed by atoms with E-state index in [1.165, 1.54) is 25.7 Å². The first kappa shape index (κ1) is 16.7. The summed E-state index contributed by atoms with van der Waals surface area (Å²) in [6, 6.07) is 0.350. The van der Waals surface area contributed by atoms with Crippen LogP contribution in [0.5, 0.6) is 0 Å². The van der Waals surface area contributed by atoms with Gasteiger partial charge in [-0.25, -0.2) is 0 Å². The third-order valence-corrected chi connectivity index (χ3v) is 4.95. The second kappa shape index (κ2) is 8.71. The fourth-order valence-corrected chi connectivity index (χ4v) is 3.43. The zero-order chi connectivity index (χ0) is 15.1. The number of hydrogen-bond donors (Lipinski definition) is 2. The van der Waals surface area contributed by atoms with Crippen molar-refractivity contribution in [3.8, 4) is 0 Å². The van der Waals surface area contributed by atoms with Crippen molar-refractivity contribution >= 4 is 5.91 Å². The normalized spacial score (nSPS) is 24.5. The molecule has 1 saturated carbocycles. The topological polar surface area (TPSA) is 55.8 Å². The van der Waals surface area contributed by atoms with Gasteiger partial charge in [0.25, 0.3) is 0 Å². The molecule has 1 saturated heterocycles. The maximum atomic E-state index is 12.4. The number of piperazine rings is 1. The van der Waals surface area contributed by atoms with E-state index >= 15 is 0 Å². The van der Waals surface area contributed by atoms with Crippen molar-refractivity contribution < 1.29 is 9.90 Å². The minimum Gasteiger partial charge on any atom is -0.395 e. The molecule has 2 aliphatic rings. The van der Waals surface area contributed by atoms with E-state index in [0.29, 0.717) is 6.04 Å². The predicted molar refractivity (Wildman–Crippen MR) is 84.2 cm³/mol. The molecule has 1 atom stereocenters. The van der Waals surface area contributed by atoms with E-state index in [-0.39, 0.29) is 18.6 Å². The molecule has 1 amide bonds. The lowest BCUT2D eigenvalue weighted by molar-refractivity contribution is -0.127. The summed E-state index contributed by atoms with van der Waals surface area (Å²) >= 11 is 0. The molecule has 1 unspecified atom stereocenters. The van der Waals surface area contributed by atoms with Crippen molar-refractivity contribution in [1.29, 1.82) is 0 Å². The van der Waals surface area contributed by atoms with Gasteiger partial charge in [-0.1, -0.05) is 25.7 Å². The molecule has 0 aromatic rings. The van der Waals surface area contributed by atoms with Gasteiger partial charge in [-0.15, -0.1) is 0 Å². The molecule has 2 rings (SSSR count). The maximum Gasteiger partial charge on any atom is 0.237 e. The van der Waals surface area contributed by atoms with E-state index in [0.717, 1.165) is 45.6 Å². The lowest BCUT2D eigenvalue weighted by Crippen LogP contribution is -2.55. The Hall–Kier alpha value is -0.650. The number of carbonyl (C=O) groups is 1. The molecule has 2 fully saturated rings. The Balaban J connectivity index is 1.74. The third-order valence-electron chi connectivity index (χ3n) is 4.95. The summed E-state index contributed by atoms with van der Waals surface area (Å²) < 4.78 is 0. The fraction of sp³-hybridized carbons (Fsp3) is 0.938. The molecule has 21 heavy (non-hydrogen) atoms. The molecule has 1 aliphatic carbocycles. The van der Waals surface area contributed by atoms with Crippen LogP contribution in [0, 0.1) is 0 Å². The number of nitrogens with zero attached hydrogens (tertiary/aromatic N) is 2. The quantitative estimate of drug-likeness (QED) is 0.738. The zero-order valence-corrected chi connectivity index (χ0v) is 13.4. The Bertz CT molecular complexity index is 309. The van der Waals surface area contributed by atoms with E-state index in [2.05, 4.69) is 15.1 Å². The molecule has 1 aliphatic heterocycles. The molecule has 0 radical (unpaired) electrons. The number of aliphatic hydroxyl groups excluding tert-OH is 1. The summed E-state index contributed by atoms with van der Waals surface area (Å²) in [7, 11) is 0. The molecule has 1 heterocycles. The maximum absolute atomic E-state index is 12.4. The molecule has 0 spiro atoms. The highest BCUT2D eigenvalue weighted by atomic mass is 16.3. The van der Waals surface area contributed by atoms with Crippen LogP contribution in [0.1, 0.15) is 45.4 Å². The Morgan fingerprint density at radius 1 is 1.14 bits per heavy atom. The highest BCUT2D eigenvalue weighted by Crippen LogP contribution is 2.17. The summed E-state index contributed by atoms with van der Waals surface area (Å²) in [5.74, 6) is 0.192. The van der Waals surface area contributed by atoms with Crippen molar-refractivity contribution in [2.24, 2.45) is 0 Å². The van der Waals surface area contributed by atoms with E-state index < -0.39 is 0 Å². The molecule has 0 bridgehead atoms. The van der Waals surface area contributed by atoms with E-state index in [1.54, 1.807) is 0 Å². The van der Waals surface area contributed by atoms with Crippen molar-refractivity contribution in [2.45, 2.75) is 57.5 Å². The van der Waals surface area contributed by atoms with Crippen LogP contribution in [-0.2, 0) is 4.79 Å². The average Bonchev–Trinajstić information content (AvgIpc) is 2.76. The fourth-order valence-electron chi connectivity index (χ4n) is 3.43. The summed E-state index contributed by atoms with van der Waals surface area (Å²) in [4.78, 5) is 16.9. The van der Waals surface area contributed by atoms with Gasteiger partial charge in [-0.05, 0) is 19.8 Å². The SMILES string of the molecule is CC(C(=O)NC1CCCCCC1)N1CCN(CCO)CC1. The minimum absolute atomic E-state index is 0.0375. The molecule has 0 aromatic carbocycles.